The Morgan fingerprint density at radius 2 is 2.28 bits per heavy atom. The van der Waals surface area contributed by atoms with Gasteiger partial charge < -0.3 is 14.6 Å². The van der Waals surface area contributed by atoms with Crippen LogP contribution in [0, 0.1) is 0 Å². The lowest BCUT2D eigenvalue weighted by Crippen LogP contribution is -2.31. The normalized spacial score (nSPS) is 17.4. The summed E-state index contributed by atoms with van der Waals surface area (Å²) in [6, 6.07) is 8.20. The van der Waals surface area contributed by atoms with Crippen LogP contribution in [-0.2, 0) is 12.8 Å². The molecule has 1 aliphatic heterocycles. The van der Waals surface area contributed by atoms with Crippen LogP contribution in [0.5, 0.6) is 5.75 Å². The molecule has 0 saturated heterocycles. The molecule has 0 spiro atoms. The third-order valence-electron chi connectivity index (χ3n) is 3.02. The molecular weight excluding hydrogens is 230 g/mol. The first-order valence-corrected chi connectivity index (χ1v) is 6.12. The molecule has 1 unspecified atom stereocenters. The van der Waals surface area contributed by atoms with Gasteiger partial charge in [-0.15, -0.1) is 0 Å². The Bertz CT molecular complexity index is 474. The maximum absolute atomic E-state index is 5.83. The van der Waals surface area contributed by atoms with Crippen molar-refractivity contribution in [2.45, 2.75) is 18.9 Å². The Kier molecular flexibility index (Phi) is 3.23. The van der Waals surface area contributed by atoms with E-state index < -0.39 is 0 Å². The molecule has 94 valence electrons. The molecule has 3 rings (SSSR count). The van der Waals surface area contributed by atoms with E-state index in [1.807, 2.05) is 18.2 Å². The van der Waals surface area contributed by atoms with E-state index >= 15 is 0 Å². The van der Waals surface area contributed by atoms with E-state index in [0.29, 0.717) is 0 Å². The summed E-state index contributed by atoms with van der Waals surface area (Å²) in [5.41, 5.74) is 1.29. The third kappa shape index (κ3) is 2.51. The van der Waals surface area contributed by atoms with Crippen molar-refractivity contribution in [2.24, 2.45) is 0 Å². The van der Waals surface area contributed by atoms with Gasteiger partial charge in [0.25, 0.3) is 0 Å². The molecule has 5 nitrogen and oxygen atoms in total. The number of aromatic nitrogens is 2. The molecule has 1 N–H and O–H groups in total. The van der Waals surface area contributed by atoms with E-state index in [-0.39, 0.29) is 6.10 Å². The van der Waals surface area contributed by atoms with Crippen LogP contribution in [0.4, 0.5) is 0 Å². The van der Waals surface area contributed by atoms with Crippen molar-refractivity contribution >= 4 is 0 Å². The molecule has 0 saturated carbocycles. The SMILES string of the molecule is c1ccc2c(c1)CC(CNCCc1ncon1)O2. The number of hydrogen-bond acceptors (Lipinski definition) is 5. The minimum absolute atomic E-state index is 0.229. The zero-order valence-corrected chi connectivity index (χ0v) is 10.0. The van der Waals surface area contributed by atoms with Gasteiger partial charge in [-0.05, 0) is 11.6 Å². The maximum atomic E-state index is 5.83. The minimum Gasteiger partial charge on any atom is -0.488 e. The quantitative estimate of drug-likeness (QED) is 0.802. The highest BCUT2D eigenvalue weighted by Crippen LogP contribution is 2.27. The minimum atomic E-state index is 0.229. The summed E-state index contributed by atoms with van der Waals surface area (Å²) in [6.45, 7) is 1.67. The monoisotopic (exact) mass is 245 g/mol. The lowest BCUT2D eigenvalue weighted by molar-refractivity contribution is 0.228. The number of para-hydroxylation sites is 1. The number of nitrogens with one attached hydrogen (secondary N) is 1. The van der Waals surface area contributed by atoms with Crippen LogP contribution < -0.4 is 10.1 Å². The zero-order valence-electron chi connectivity index (χ0n) is 10.0. The number of rotatable bonds is 5. The molecule has 0 amide bonds. The molecular formula is C13H15N3O2. The summed E-state index contributed by atoms with van der Waals surface area (Å²) in [4.78, 5) is 3.97. The molecule has 1 atom stereocenters. The highest BCUT2D eigenvalue weighted by atomic mass is 16.5. The Hall–Kier alpha value is -1.88. The van der Waals surface area contributed by atoms with Gasteiger partial charge in [0.1, 0.15) is 11.9 Å². The molecule has 0 bridgehead atoms. The summed E-state index contributed by atoms with van der Waals surface area (Å²) in [6.07, 6.45) is 3.33. The Morgan fingerprint density at radius 1 is 1.33 bits per heavy atom. The standard InChI is InChI=1S/C13H15N3O2/c1-2-4-12-10(3-1)7-11(18-12)8-14-6-5-13-15-9-17-16-13/h1-4,9,11,14H,5-8H2. The summed E-state index contributed by atoms with van der Waals surface area (Å²) in [5, 5.41) is 7.11. The van der Waals surface area contributed by atoms with E-state index in [1.54, 1.807) is 0 Å². The van der Waals surface area contributed by atoms with E-state index in [1.165, 1.54) is 12.0 Å². The van der Waals surface area contributed by atoms with Crippen molar-refractivity contribution in [1.82, 2.24) is 15.5 Å². The first-order valence-electron chi connectivity index (χ1n) is 6.12. The lowest BCUT2D eigenvalue weighted by atomic mass is 10.1. The van der Waals surface area contributed by atoms with Crippen LogP contribution in [-0.4, -0.2) is 29.3 Å². The average Bonchev–Trinajstić information content (AvgIpc) is 3.03. The van der Waals surface area contributed by atoms with Gasteiger partial charge >= 0.3 is 0 Å². The van der Waals surface area contributed by atoms with E-state index in [2.05, 4.69) is 26.0 Å². The number of nitrogens with zero attached hydrogens (tertiary/aromatic N) is 2. The number of ether oxygens (including phenoxy) is 1. The van der Waals surface area contributed by atoms with Gasteiger partial charge in [-0.2, -0.15) is 4.98 Å². The molecule has 2 heterocycles. The van der Waals surface area contributed by atoms with Gasteiger partial charge in [-0.3, -0.25) is 0 Å². The van der Waals surface area contributed by atoms with Gasteiger partial charge in [0.05, 0.1) is 0 Å². The summed E-state index contributed by atoms with van der Waals surface area (Å²) < 4.78 is 10.5. The van der Waals surface area contributed by atoms with Crippen molar-refractivity contribution in [3.63, 3.8) is 0 Å². The van der Waals surface area contributed by atoms with Gasteiger partial charge in [0.2, 0.25) is 6.39 Å². The third-order valence-corrected chi connectivity index (χ3v) is 3.02. The molecule has 1 aliphatic rings. The predicted molar refractivity (Wildman–Crippen MR) is 65.4 cm³/mol. The largest absolute Gasteiger partial charge is 0.488 e. The second-order valence-electron chi connectivity index (χ2n) is 4.35. The van der Waals surface area contributed by atoms with Crippen molar-refractivity contribution in [1.29, 1.82) is 0 Å². The Morgan fingerprint density at radius 3 is 3.11 bits per heavy atom. The van der Waals surface area contributed by atoms with Gasteiger partial charge in [-0.1, -0.05) is 23.4 Å². The topological polar surface area (TPSA) is 60.2 Å². The Balaban J connectivity index is 1.41. The molecule has 0 fully saturated rings. The first-order chi connectivity index (χ1) is 8.92. The molecule has 0 aliphatic carbocycles. The Labute approximate surface area is 105 Å². The maximum Gasteiger partial charge on any atom is 0.213 e. The number of benzene rings is 1. The van der Waals surface area contributed by atoms with Crippen LogP contribution in [0.3, 0.4) is 0 Å². The summed E-state index contributed by atoms with van der Waals surface area (Å²) >= 11 is 0. The zero-order chi connectivity index (χ0) is 12.2. The van der Waals surface area contributed by atoms with E-state index in [4.69, 9.17) is 4.74 Å². The molecule has 18 heavy (non-hydrogen) atoms. The van der Waals surface area contributed by atoms with Crippen molar-refractivity contribution in [3.8, 4) is 5.75 Å². The van der Waals surface area contributed by atoms with Crippen LogP contribution >= 0.6 is 0 Å². The van der Waals surface area contributed by atoms with Gasteiger partial charge in [0.15, 0.2) is 5.82 Å². The van der Waals surface area contributed by atoms with E-state index in [9.17, 15) is 0 Å². The first kappa shape index (κ1) is 11.2. The second kappa shape index (κ2) is 5.18. The number of fused-ring (bicyclic) bond motifs is 1. The smallest absolute Gasteiger partial charge is 0.213 e. The van der Waals surface area contributed by atoms with E-state index in [0.717, 1.165) is 37.5 Å². The van der Waals surface area contributed by atoms with Gasteiger partial charge in [0, 0.05) is 25.9 Å². The molecule has 5 heteroatoms. The van der Waals surface area contributed by atoms with Crippen LogP contribution in [0.15, 0.2) is 35.2 Å². The highest BCUT2D eigenvalue weighted by Gasteiger charge is 2.21. The van der Waals surface area contributed by atoms with Crippen molar-refractivity contribution in [3.05, 3.63) is 42.0 Å². The van der Waals surface area contributed by atoms with Crippen LogP contribution in [0.25, 0.3) is 0 Å². The van der Waals surface area contributed by atoms with Crippen LogP contribution in [0.1, 0.15) is 11.4 Å². The van der Waals surface area contributed by atoms with Crippen molar-refractivity contribution in [2.75, 3.05) is 13.1 Å². The molecule has 2 aromatic rings. The highest BCUT2D eigenvalue weighted by molar-refractivity contribution is 5.37. The molecule has 1 aromatic heterocycles. The predicted octanol–water partition coefficient (Wildman–Crippen LogP) is 1.21. The average molecular weight is 245 g/mol. The fourth-order valence-corrected chi connectivity index (χ4v) is 2.13. The number of hydrogen-bond donors (Lipinski definition) is 1. The summed E-state index contributed by atoms with van der Waals surface area (Å²) in [5.74, 6) is 1.75. The lowest BCUT2D eigenvalue weighted by Gasteiger charge is -2.11. The van der Waals surface area contributed by atoms with Crippen LogP contribution in [0.2, 0.25) is 0 Å². The van der Waals surface area contributed by atoms with Gasteiger partial charge in [-0.25, -0.2) is 0 Å². The fourth-order valence-electron chi connectivity index (χ4n) is 2.13. The van der Waals surface area contributed by atoms with Crippen molar-refractivity contribution < 1.29 is 9.26 Å². The molecule has 0 radical (unpaired) electrons. The summed E-state index contributed by atoms with van der Waals surface area (Å²) in [7, 11) is 0. The second-order valence-corrected chi connectivity index (χ2v) is 4.35. The fraction of sp³-hybridized carbons (Fsp3) is 0.385. The molecule has 1 aromatic carbocycles.